The van der Waals surface area contributed by atoms with E-state index in [-0.39, 0.29) is 4.90 Å². The van der Waals surface area contributed by atoms with Crippen LogP contribution < -0.4 is 4.72 Å². The molecule has 0 bridgehead atoms. The van der Waals surface area contributed by atoms with Crippen molar-refractivity contribution < 1.29 is 8.42 Å². The van der Waals surface area contributed by atoms with Crippen molar-refractivity contribution in [2.24, 2.45) is 0 Å². The Morgan fingerprint density at radius 2 is 2.26 bits per heavy atom. The number of fused-ring (bicyclic) bond motifs is 1. The van der Waals surface area contributed by atoms with Crippen LogP contribution in [0.2, 0.25) is 0 Å². The lowest BCUT2D eigenvalue weighted by Crippen LogP contribution is -2.50. The predicted molar refractivity (Wildman–Crippen MR) is 91.7 cm³/mol. The minimum absolute atomic E-state index is 0.125. The van der Waals surface area contributed by atoms with Crippen LogP contribution in [0.5, 0.6) is 0 Å². The van der Waals surface area contributed by atoms with Gasteiger partial charge >= 0.3 is 0 Å². The van der Waals surface area contributed by atoms with Crippen molar-refractivity contribution >= 4 is 32.7 Å². The molecule has 1 saturated heterocycles. The van der Waals surface area contributed by atoms with Gasteiger partial charge in [-0.3, -0.25) is 4.98 Å². The molecule has 1 aliphatic rings. The lowest BCUT2D eigenvalue weighted by molar-refractivity contribution is 0.472. The number of thioether (sulfide) groups is 1. The molecule has 2 aromatic rings. The highest BCUT2D eigenvalue weighted by atomic mass is 32.2. The van der Waals surface area contributed by atoms with Crippen LogP contribution in [0.4, 0.5) is 0 Å². The van der Waals surface area contributed by atoms with Gasteiger partial charge in [-0.25, -0.2) is 8.42 Å². The molecule has 0 spiro atoms. The minimum Gasteiger partial charge on any atom is -0.255 e. The summed E-state index contributed by atoms with van der Waals surface area (Å²) in [5.41, 5.74) is 0.369. The van der Waals surface area contributed by atoms with E-state index in [1.165, 1.54) is 6.07 Å². The Morgan fingerprint density at radius 3 is 2.96 bits per heavy atom. The molecular weight excluding hydrogens is 330 g/mol. The zero-order valence-electron chi connectivity index (χ0n) is 12.7. The number of nitriles is 1. The molecule has 0 amide bonds. The number of para-hydroxylation sites is 1. The summed E-state index contributed by atoms with van der Waals surface area (Å²) in [5, 5.41) is 10.3. The largest absolute Gasteiger partial charge is 0.255 e. The Hall–Kier alpha value is -1.62. The van der Waals surface area contributed by atoms with Crippen molar-refractivity contribution in [1.82, 2.24) is 9.71 Å². The number of benzene rings is 1. The maximum atomic E-state index is 12.9. The van der Waals surface area contributed by atoms with E-state index in [4.69, 9.17) is 0 Å². The third-order valence-corrected chi connectivity index (χ3v) is 6.73. The first-order valence-corrected chi connectivity index (χ1v) is 9.98. The molecule has 0 radical (unpaired) electrons. The molecule has 0 saturated carbocycles. The molecule has 1 N–H and O–H groups in total. The van der Waals surface area contributed by atoms with Crippen LogP contribution in [-0.2, 0) is 10.0 Å². The minimum atomic E-state index is -3.82. The fourth-order valence-corrected chi connectivity index (χ4v) is 5.50. The van der Waals surface area contributed by atoms with Gasteiger partial charge in [0.25, 0.3) is 0 Å². The van der Waals surface area contributed by atoms with E-state index in [0.29, 0.717) is 17.7 Å². The molecule has 7 heteroatoms. The van der Waals surface area contributed by atoms with Crippen LogP contribution in [0.15, 0.2) is 35.4 Å². The molecule has 1 unspecified atom stereocenters. The molecule has 1 fully saturated rings. The predicted octanol–water partition coefficient (Wildman–Crippen LogP) is 2.61. The lowest BCUT2D eigenvalue weighted by Gasteiger charge is -2.30. The number of aryl methyl sites for hydroxylation is 1. The van der Waals surface area contributed by atoms with Crippen LogP contribution in [0, 0.1) is 18.3 Å². The highest BCUT2D eigenvalue weighted by molar-refractivity contribution is 7.99. The summed E-state index contributed by atoms with van der Waals surface area (Å²) in [4.78, 5) is 4.41. The first-order chi connectivity index (χ1) is 11.0. The lowest BCUT2D eigenvalue weighted by atomic mass is 9.99. The molecular formula is C16H17N3O2S2. The van der Waals surface area contributed by atoms with Gasteiger partial charge in [-0.2, -0.15) is 21.7 Å². The van der Waals surface area contributed by atoms with Gasteiger partial charge in [-0.05, 0) is 43.2 Å². The van der Waals surface area contributed by atoms with E-state index in [1.54, 1.807) is 24.0 Å². The molecule has 1 atom stereocenters. The van der Waals surface area contributed by atoms with Crippen LogP contribution in [0.25, 0.3) is 10.9 Å². The summed E-state index contributed by atoms with van der Waals surface area (Å²) < 4.78 is 28.3. The molecule has 0 aliphatic carbocycles. The molecule has 120 valence electrons. The van der Waals surface area contributed by atoms with E-state index < -0.39 is 15.6 Å². The van der Waals surface area contributed by atoms with E-state index in [0.717, 1.165) is 23.1 Å². The Bertz CT molecular complexity index is 882. The first kappa shape index (κ1) is 16.2. The van der Waals surface area contributed by atoms with Crippen molar-refractivity contribution in [3.8, 4) is 6.07 Å². The maximum absolute atomic E-state index is 12.9. The van der Waals surface area contributed by atoms with Gasteiger partial charge in [-0.15, -0.1) is 0 Å². The number of aromatic nitrogens is 1. The van der Waals surface area contributed by atoms with E-state index in [2.05, 4.69) is 15.8 Å². The fraction of sp³-hybridized carbons (Fsp3) is 0.375. The van der Waals surface area contributed by atoms with Gasteiger partial charge in [0.15, 0.2) is 0 Å². The topological polar surface area (TPSA) is 82.8 Å². The van der Waals surface area contributed by atoms with E-state index in [9.17, 15) is 13.7 Å². The Kier molecular flexibility index (Phi) is 4.32. The second kappa shape index (κ2) is 6.11. The van der Waals surface area contributed by atoms with E-state index >= 15 is 0 Å². The Balaban J connectivity index is 2.05. The summed E-state index contributed by atoms with van der Waals surface area (Å²) in [6.45, 7) is 1.91. The number of hydrogen-bond donors (Lipinski definition) is 1. The third kappa shape index (κ3) is 3.20. The summed E-state index contributed by atoms with van der Waals surface area (Å²) in [7, 11) is -3.82. The average molecular weight is 347 g/mol. The number of sulfonamides is 1. The second-order valence-corrected chi connectivity index (χ2v) is 8.55. The van der Waals surface area contributed by atoms with Gasteiger partial charge in [0.2, 0.25) is 10.0 Å². The number of hydrogen-bond acceptors (Lipinski definition) is 5. The van der Waals surface area contributed by atoms with Crippen LogP contribution in [0.3, 0.4) is 0 Å². The number of pyridine rings is 1. The third-order valence-electron chi connectivity index (χ3n) is 3.88. The molecule has 1 aliphatic heterocycles. The molecule has 2 heterocycles. The van der Waals surface area contributed by atoms with Crippen LogP contribution in [0.1, 0.15) is 18.4 Å². The molecule has 5 nitrogen and oxygen atoms in total. The zero-order valence-corrected chi connectivity index (χ0v) is 14.4. The van der Waals surface area contributed by atoms with Crippen molar-refractivity contribution in [1.29, 1.82) is 5.26 Å². The van der Waals surface area contributed by atoms with Crippen LogP contribution >= 0.6 is 11.8 Å². The normalized spacial score (nSPS) is 21.9. The smallest absolute Gasteiger partial charge is 0.244 e. The second-order valence-electron chi connectivity index (χ2n) is 5.80. The van der Waals surface area contributed by atoms with Gasteiger partial charge in [0.1, 0.15) is 10.4 Å². The summed E-state index contributed by atoms with van der Waals surface area (Å²) in [5.74, 6) is 1.43. The fourth-order valence-electron chi connectivity index (χ4n) is 2.76. The SMILES string of the molecule is Cc1cnc2c(S(=O)(=O)NC3(C#N)CCCSC3)cccc2c1. The number of nitrogens with zero attached hydrogens (tertiary/aromatic N) is 2. The molecule has 1 aromatic heterocycles. The van der Waals surface area contributed by atoms with Gasteiger partial charge in [-0.1, -0.05) is 12.1 Å². The number of nitrogens with one attached hydrogen (secondary N) is 1. The summed E-state index contributed by atoms with van der Waals surface area (Å²) >= 11 is 1.60. The first-order valence-electron chi connectivity index (χ1n) is 7.34. The van der Waals surface area contributed by atoms with Gasteiger partial charge in [0.05, 0.1) is 11.6 Å². The Morgan fingerprint density at radius 1 is 1.43 bits per heavy atom. The molecule has 3 rings (SSSR count). The summed E-state index contributed by atoms with van der Waals surface area (Å²) in [6, 6.07) is 9.14. The monoisotopic (exact) mass is 347 g/mol. The van der Waals surface area contributed by atoms with Crippen molar-refractivity contribution in [3.63, 3.8) is 0 Å². The van der Waals surface area contributed by atoms with Gasteiger partial charge in [0, 0.05) is 17.3 Å². The standard InChI is InChI=1S/C16H17N3O2S2/c1-12-8-13-4-2-5-14(15(13)18-9-12)23(20,21)19-16(10-17)6-3-7-22-11-16/h2,4-5,8-9,19H,3,6-7,11H2,1H3. The van der Waals surface area contributed by atoms with E-state index in [1.807, 2.05) is 19.1 Å². The average Bonchev–Trinajstić information content (AvgIpc) is 2.54. The maximum Gasteiger partial charge on any atom is 0.244 e. The van der Waals surface area contributed by atoms with Crippen molar-refractivity contribution in [2.75, 3.05) is 11.5 Å². The zero-order chi connectivity index (χ0) is 16.5. The summed E-state index contributed by atoms with van der Waals surface area (Å²) in [6.07, 6.45) is 3.01. The van der Waals surface area contributed by atoms with Gasteiger partial charge < -0.3 is 0 Å². The quantitative estimate of drug-likeness (QED) is 0.923. The highest BCUT2D eigenvalue weighted by Crippen LogP contribution is 2.29. The van der Waals surface area contributed by atoms with Crippen molar-refractivity contribution in [2.45, 2.75) is 30.2 Å². The highest BCUT2D eigenvalue weighted by Gasteiger charge is 2.37. The number of rotatable bonds is 3. The van der Waals surface area contributed by atoms with Crippen molar-refractivity contribution in [3.05, 3.63) is 36.0 Å². The molecule has 1 aromatic carbocycles. The van der Waals surface area contributed by atoms with Crippen LogP contribution in [-0.4, -0.2) is 30.4 Å². The molecule has 23 heavy (non-hydrogen) atoms. The Labute approximate surface area is 140 Å².